The van der Waals surface area contributed by atoms with E-state index in [9.17, 15) is 14.0 Å². The number of carbonyl (C=O) groups is 2. The van der Waals surface area contributed by atoms with Gasteiger partial charge in [-0.3, -0.25) is 4.79 Å². The van der Waals surface area contributed by atoms with Gasteiger partial charge in [0.1, 0.15) is 11.6 Å². The van der Waals surface area contributed by atoms with Gasteiger partial charge < -0.3 is 21.3 Å². The van der Waals surface area contributed by atoms with Crippen molar-refractivity contribution in [2.75, 3.05) is 23.3 Å². The van der Waals surface area contributed by atoms with E-state index in [1.165, 1.54) is 37.8 Å². The lowest BCUT2D eigenvalue weighted by molar-refractivity contribution is 0.1000. The molecule has 1 aliphatic heterocycles. The summed E-state index contributed by atoms with van der Waals surface area (Å²) in [4.78, 5) is 30.0. The van der Waals surface area contributed by atoms with Crippen LogP contribution >= 0.6 is 0 Å². The average Bonchev–Trinajstić information content (AvgIpc) is 2.98. The van der Waals surface area contributed by atoms with E-state index in [4.69, 9.17) is 5.73 Å². The van der Waals surface area contributed by atoms with Crippen molar-refractivity contribution in [2.24, 2.45) is 5.73 Å². The zero-order valence-corrected chi connectivity index (χ0v) is 15.6. The van der Waals surface area contributed by atoms with Crippen LogP contribution in [0.4, 0.5) is 20.7 Å². The van der Waals surface area contributed by atoms with Crippen molar-refractivity contribution in [1.82, 2.24) is 10.3 Å². The molecule has 1 fully saturated rings. The van der Waals surface area contributed by atoms with Crippen LogP contribution in [0.25, 0.3) is 0 Å². The maximum absolute atomic E-state index is 13.8. The second kappa shape index (κ2) is 9.16. The van der Waals surface area contributed by atoms with Crippen LogP contribution in [-0.2, 0) is 6.54 Å². The summed E-state index contributed by atoms with van der Waals surface area (Å²) >= 11 is 0. The number of amides is 3. The Morgan fingerprint density at radius 2 is 1.86 bits per heavy atom. The lowest BCUT2D eigenvalue weighted by Gasteiger charge is -2.21. The lowest BCUT2D eigenvalue weighted by Crippen LogP contribution is -2.29. The van der Waals surface area contributed by atoms with E-state index in [0.717, 1.165) is 30.5 Å². The average molecular weight is 385 g/mol. The van der Waals surface area contributed by atoms with Gasteiger partial charge in [-0.1, -0.05) is 18.9 Å². The molecule has 1 aromatic heterocycles. The van der Waals surface area contributed by atoms with Crippen molar-refractivity contribution in [2.45, 2.75) is 32.2 Å². The minimum atomic E-state index is -0.695. The molecule has 2 aromatic rings. The second-order valence-electron chi connectivity index (χ2n) is 6.79. The first-order valence-electron chi connectivity index (χ1n) is 9.37. The molecule has 1 saturated heterocycles. The van der Waals surface area contributed by atoms with Gasteiger partial charge in [-0.2, -0.15) is 0 Å². The highest BCUT2D eigenvalue weighted by molar-refractivity contribution is 5.96. The highest BCUT2D eigenvalue weighted by Gasteiger charge is 2.12. The number of rotatable bonds is 5. The Bertz CT molecular complexity index is 833. The molecule has 0 spiro atoms. The van der Waals surface area contributed by atoms with E-state index < -0.39 is 17.8 Å². The summed E-state index contributed by atoms with van der Waals surface area (Å²) in [6, 6.07) is 6.84. The Hall–Kier alpha value is -3.16. The van der Waals surface area contributed by atoms with Crippen LogP contribution in [0.15, 0.2) is 36.5 Å². The number of anilines is 2. The summed E-state index contributed by atoms with van der Waals surface area (Å²) in [7, 11) is 0. The first-order valence-corrected chi connectivity index (χ1v) is 9.37. The molecule has 0 unspecified atom stereocenters. The molecule has 8 heteroatoms. The highest BCUT2D eigenvalue weighted by atomic mass is 19.1. The number of urea groups is 1. The van der Waals surface area contributed by atoms with Crippen LogP contribution < -0.4 is 21.3 Å². The summed E-state index contributed by atoms with van der Waals surface area (Å²) in [5.41, 5.74) is 6.01. The smallest absolute Gasteiger partial charge is 0.319 e. The van der Waals surface area contributed by atoms with Crippen LogP contribution in [0.1, 0.15) is 41.6 Å². The lowest BCUT2D eigenvalue weighted by atomic mass is 10.2. The van der Waals surface area contributed by atoms with E-state index >= 15 is 0 Å². The SMILES string of the molecule is NC(=O)c1ccc(F)c(NC(=O)NCc2ccc(N3CCCCCC3)nc2)c1. The van der Waals surface area contributed by atoms with Gasteiger partial charge in [-0.05, 0) is 42.7 Å². The Balaban J connectivity index is 1.54. The van der Waals surface area contributed by atoms with Crippen molar-refractivity contribution < 1.29 is 14.0 Å². The summed E-state index contributed by atoms with van der Waals surface area (Å²) in [5.74, 6) is -0.400. The number of hydrogen-bond donors (Lipinski definition) is 3. The number of nitrogens with zero attached hydrogens (tertiary/aromatic N) is 2. The number of carbonyl (C=O) groups excluding carboxylic acids is 2. The number of nitrogens with two attached hydrogens (primary N) is 1. The van der Waals surface area contributed by atoms with Gasteiger partial charge in [-0.25, -0.2) is 14.2 Å². The van der Waals surface area contributed by atoms with Gasteiger partial charge in [0.15, 0.2) is 0 Å². The normalized spacial score (nSPS) is 14.2. The number of nitrogens with one attached hydrogen (secondary N) is 2. The van der Waals surface area contributed by atoms with Gasteiger partial charge in [0.05, 0.1) is 5.69 Å². The van der Waals surface area contributed by atoms with E-state index in [1.54, 1.807) is 6.20 Å². The Kier molecular flexibility index (Phi) is 6.41. The molecule has 0 atom stereocenters. The van der Waals surface area contributed by atoms with Crippen LogP contribution in [0.5, 0.6) is 0 Å². The minimum Gasteiger partial charge on any atom is -0.366 e. The topological polar surface area (TPSA) is 100 Å². The molecule has 2 heterocycles. The third-order valence-electron chi connectivity index (χ3n) is 4.69. The molecule has 0 saturated carbocycles. The zero-order valence-electron chi connectivity index (χ0n) is 15.6. The van der Waals surface area contributed by atoms with Crippen molar-refractivity contribution in [1.29, 1.82) is 0 Å². The fourth-order valence-electron chi connectivity index (χ4n) is 3.13. The molecule has 148 valence electrons. The van der Waals surface area contributed by atoms with Gasteiger partial charge in [0, 0.05) is 31.4 Å². The fraction of sp³-hybridized carbons (Fsp3) is 0.350. The molecule has 1 aliphatic rings. The number of hydrogen-bond acceptors (Lipinski definition) is 4. The quantitative estimate of drug-likeness (QED) is 0.736. The fourth-order valence-corrected chi connectivity index (χ4v) is 3.13. The largest absolute Gasteiger partial charge is 0.366 e. The molecule has 1 aromatic carbocycles. The van der Waals surface area contributed by atoms with Gasteiger partial charge in [0.25, 0.3) is 0 Å². The molecular weight excluding hydrogens is 361 g/mol. The van der Waals surface area contributed by atoms with Gasteiger partial charge in [0.2, 0.25) is 5.91 Å². The van der Waals surface area contributed by atoms with Crippen LogP contribution in [0.3, 0.4) is 0 Å². The molecule has 0 radical (unpaired) electrons. The number of pyridine rings is 1. The maximum atomic E-state index is 13.8. The van der Waals surface area contributed by atoms with Crippen molar-refractivity contribution in [3.63, 3.8) is 0 Å². The highest BCUT2D eigenvalue weighted by Crippen LogP contribution is 2.18. The first kappa shape index (κ1) is 19.6. The van der Waals surface area contributed by atoms with E-state index in [1.807, 2.05) is 12.1 Å². The van der Waals surface area contributed by atoms with Crippen LogP contribution in [0.2, 0.25) is 0 Å². The Labute approximate surface area is 163 Å². The van der Waals surface area contributed by atoms with E-state index in [2.05, 4.69) is 20.5 Å². The third kappa shape index (κ3) is 5.18. The Morgan fingerprint density at radius 1 is 1.11 bits per heavy atom. The first-order chi connectivity index (χ1) is 13.5. The summed E-state index contributed by atoms with van der Waals surface area (Å²) < 4.78 is 13.8. The second-order valence-corrected chi connectivity index (χ2v) is 6.79. The minimum absolute atomic E-state index is 0.108. The molecule has 3 rings (SSSR count). The van der Waals surface area contributed by atoms with Crippen molar-refractivity contribution in [3.05, 3.63) is 53.5 Å². The summed E-state index contributed by atoms with van der Waals surface area (Å²) in [5, 5.41) is 5.03. The predicted octanol–water partition coefficient (Wildman–Crippen LogP) is 3.02. The molecule has 0 aliphatic carbocycles. The molecule has 7 nitrogen and oxygen atoms in total. The molecule has 3 amide bonds. The molecule has 4 N–H and O–H groups in total. The monoisotopic (exact) mass is 385 g/mol. The van der Waals surface area contributed by atoms with Crippen LogP contribution in [0, 0.1) is 5.82 Å². The molecule has 0 bridgehead atoms. The number of primary amides is 1. The van der Waals surface area contributed by atoms with E-state index in [-0.39, 0.29) is 17.8 Å². The van der Waals surface area contributed by atoms with E-state index in [0.29, 0.717) is 0 Å². The number of aromatic nitrogens is 1. The summed E-state index contributed by atoms with van der Waals surface area (Å²) in [6.45, 7) is 2.28. The van der Waals surface area contributed by atoms with Crippen molar-refractivity contribution >= 4 is 23.4 Å². The third-order valence-corrected chi connectivity index (χ3v) is 4.69. The van der Waals surface area contributed by atoms with Gasteiger partial charge >= 0.3 is 6.03 Å². The molecular formula is C20H24FN5O2. The van der Waals surface area contributed by atoms with Gasteiger partial charge in [-0.15, -0.1) is 0 Å². The maximum Gasteiger partial charge on any atom is 0.319 e. The predicted molar refractivity (Wildman–Crippen MR) is 106 cm³/mol. The number of benzene rings is 1. The summed E-state index contributed by atoms with van der Waals surface area (Å²) in [6.07, 6.45) is 6.61. The molecule has 28 heavy (non-hydrogen) atoms. The number of halogens is 1. The van der Waals surface area contributed by atoms with Crippen molar-refractivity contribution in [3.8, 4) is 0 Å². The zero-order chi connectivity index (χ0) is 19.9. The van der Waals surface area contributed by atoms with Crippen LogP contribution in [-0.4, -0.2) is 30.0 Å². The Morgan fingerprint density at radius 3 is 2.50 bits per heavy atom. The standard InChI is InChI=1S/C20H24FN5O2/c21-16-7-6-15(19(22)27)11-17(16)25-20(28)24-13-14-5-8-18(23-12-14)26-9-3-1-2-4-10-26/h5-8,11-12H,1-4,9-10,13H2,(H2,22,27)(H2,24,25,28).